The van der Waals surface area contributed by atoms with Gasteiger partial charge >= 0.3 is 6.09 Å². The average Bonchev–Trinajstić information content (AvgIpc) is 3.42. The van der Waals surface area contributed by atoms with Crippen molar-refractivity contribution in [3.8, 4) is 17.0 Å². The second-order valence-corrected chi connectivity index (χ2v) is 17.7. The standard InChI is InChI=1S/C40H48ClFN6O6S/c1-25(2)24-53-29-20-27(19-28(42)21-29)31-17-15-30(36(41)45-31)37(49)47-55(51,52)35-13-10-12-34(46-35)44-33(32-11-8-9-18-43-32)16-14-26-22-40(6,7)48(23-26)38(50)54-39(3,4)5/h8-13,15,17-21,25-26,33H,14,16,22-24H2,1-7H3,(H,44,46)(H,47,49)/t26-,33?/m0/s1. The molecule has 55 heavy (non-hydrogen) atoms. The van der Waals surface area contributed by atoms with E-state index in [1.54, 1.807) is 23.2 Å². The van der Waals surface area contributed by atoms with Crippen LogP contribution in [0.1, 0.15) is 89.8 Å². The zero-order chi connectivity index (χ0) is 40.1. The molecule has 1 aliphatic rings. The van der Waals surface area contributed by atoms with Gasteiger partial charge < -0.3 is 19.7 Å². The third-order valence-electron chi connectivity index (χ3n) is 8.87. The van der Waals surface area contributed by atoms with Gasteiger partial charge in [0.05, 0.1) is 29.6 Å². The Hall–Kier alpha value is -4.82. The minimum Gasteiger partial charge on any atom is -0.493 e. The number of halogens is 2. The molecule has 1 aromatic carbocycles. The number of anilines is 1. The van der Waals surface area contributed by atoms with Crippen LogP contribution < -0.4 is 14.8 Å². The van der Waals surface area contributed by atoms with Crippen LogP contribution >= 0.6 is 11.6 Å². The first kappa shape index (κ1) is 41.3. The van der Waals surface area contributed by atoms with E-state index in [1.807, 2.05) is 71.4 Å². The fourth-order valence-electron chi connectivity index (χ4n) is 6.37. The lowest BCUT2D eigenvalue weighted by molar-refractivity contribution is 0.0130. The topological polar surface area (TPSA) is 153 Å². The van der Waals surface area contributed by atoms with Crippen LogP contribution in [0.4, 0.5) is 15.0 Å². The van der Waals surface area contributed by atoms with E-state index in [2.05, 4.69) is 20.3 Å². The summed E-state index contributed by atoms with van der Waals surface area (Å²) in [6.45, 7) is 14.5. The summed E-state index contributed by atoms with van der Waals surface area (Å²) in [7, 11) is -4.47. The molecule has 5 rings (SSSR count). The Morgan fingerprint density at radius 2 is 1.82 bits per heavy atom. The molecule has 3 aromatic heterocycles. The van der Waals surface area contributed by atoms with Crippen LogP contribution in [0.25, 0.3) is 11.3 Å². The highest BCUT2D eigenvalue weighted by Gasteiger charge is 2.43. The molecule has 0 radical (unpaired) electrons. The Balaban J connectivity index is 1.28. The Morgan fingerprint density at radius 1 is 1.05 bits per heavy atom. The highest BCUT2D eigenvalue weighted by atomic mass is 35.5. The molecular formula is C40H48ClFN6O6S. The smallest absolute Gasteiger partial charge is 0.410 e. The van der Waals surface area contributed by atoms with Crippen LogP contribution in [0.2, 0.25) is 5.15 Å². The number of nitrogens with one attached hydrogen (secondary N) is 2. The minimum atomic E-state index is -4.47. The van der Waals surface area contributed by atoms with Crippen molar-refractivity contribution < 1.29 is 31.9 Å². The first-order chi connectivity index (χ1) is 25.8. The molecule has 0 spiro atoms. The maximum absolute atomic E-state index is 14.4. The number of carbonyl (C=O) groups is 2. The minimum absolute atomic E-state index is 0.191. The molecule has 2 atom stereocenters. The summed E-state index contributed by atoms with van der Waals surface area (Å²) in [5, 5.41) is 2.66. The number of ether oxygens (including phenoxy) is 2. The Morgan fingerprint density at radius 3 is 2.49 bits per heavy atom. The van der Waals surface area contributed by atoms with Crippen LogP contribution in [0, 0.1) is 17.7 Å². The van der Waals surface area contributed by atoms with Crippen molar-refractivity contribution >= 4 is 39.4 Å². The van der Waals surface area contributed by atoms with Crippen LogP contribution in [0.5, 0.6) is 5.75 Å². The Kier molecular flexibility index (Phi) is 12.7. The first-order valence-corrected chi connectivity index (χ1v) is 20.0. The highest BCUT2D eigenvalue weighted by molar-refractivity contribution is 7.90. The van der Waals surface area contributed by atoms with E-state index in [9.17, 15) is 22.4 Å². The Labute approximate surface area is 327 Å². The number of hydrogen-bond donors (Lipinski definition) is 2. The summed E-state index contributed by atoms with van der Waals surface area (Å²) >= 11 is 6.36. The van der Waals surface area contributed by atoms with Gasteiger partial charge in [0.1, 0.15) is 28.1 Å². The van der Waals surface area contributed by atoms with E-state index in [0.717, 1.165) is 18.5 Å². The molecule has 12 nitrogen and oxygen atoms in total. The van der Waals surface area contributed by atoms with Crippen molar-refractivity contribution in [2.45, 2.75) is 89.9 Å². The molecule has 2 amide bonds. The molecule has 1 unspecified atom stereocenters. The van der Waals surface area contributed by atoms with Crippen LogP contribution in [-0.4, -0.2) is 64.6 Å². The fraction of sp³-hybridized carbons (Fsp3) is 0.425. The van der Waals surface area contributed by atoms with E-state index in [0.29, 0.717) is 30.9 Å². The van der Waals surface area contributed by atoms with Gasteiger partial charge in [-0.25, -0.2) is 23.9 Å². The summed E-state index contributed by atoms with van der Waals surface area (Å²) in [4.78, 5) is 41.1. The van der Waals surface area contributed by atoms with Crippen molar-refractivity contribution in [1.82, 2.24) is 24.6 Å². The maximum atomic E-state index is 14.4. The number of aromatic nitrogens is 3. The molecule has 0 bridgehead atoms. The molecule has 4 heterocycles. The predicted molar refractivity (Wildman–Crippen MR) is 209 cm³/mol. The van der Waals surface area contributed by atoms with E-state index in [1.165, 1.54) is 36.4 Å². The molecule has 1 fully saturated rings. The van der Waals surface area contributed by atoms with E-state index >= 15 is 0 Å². The largest absolute Gasteiger partial charge is 0.493 e. The number of benzene rings is 1. The summed E-state index contributed by atoms with van der Waals surface area (Å²) in [6, 6.07) is 16.5. The molecular weight excluding hydrogens is 747 g/mol. The molecule has 15 heteroatoms. The lowest BCUT2D eigenvalue weighted by Crippen LogP contribution is -2.45. The number of sulfonamides is 1. The number of carbonyl (C=O) groups excluding carboxylic acids is 2. The second kappa shape index (κ2) is 16.9. The average molecular weight is 795 g/mol. The second-order valence-electron chi connectivity index (χ2n) is 15.7. The normalized spacial score (nSPS) is 16.1. The molecule has 1 aliphatic heterocycles. The van der Waals surface area contributed by atoms with Gasteiger partial charge in [0.15, 0.2) is 5.03 Å². The monoisotopic (exact) mass is 794 g/mol. The number of likely N-dealkylation sites (tertiary alicyclic amines) is 1. The van der Waals surface area contributed by atoms with E-state index < -0.39 is 32.4 Å². The molecule has 0 saturated carbocycles. The Bertz CT molecular complexity index is 2110. The number of nitrogens with zero attached hydrogens (tertiary/aromatic N) is 4. The van der Waals surface area contributed by atoms with E-state index in [-0.39, 0.29) is 51.7 Å². The number of pyridine rings is 3. The van der Waals surface area contributed by atoms with Crippen LogP contribution in [0.15, 0.2) is 78.0 Å². The van der Waals surface area contributed by atoms with Gasteiger partial charge in [-0.1, -0.05) is 37.6 Å². The van der Waals surface area contributed by atoms with Crippen molar-refractivity contribution in [3.05, 3.63) is 95.2 Å². The van der Waals surface area contributed by atoms with Crippen LogP contribution in [-0.2, 0) is 14.8 Å². The summed E-state index contributed by atoms with van der Waals surface area (Å²) in [5.41, 5.74) is 0.172. The summed E-state index contributed by atoms with van der Waals surface area (Å²) < 4.78 is 54.6. The zero-order valence-corrected chi connectivity index (χ0v) is 33.7. The van der Waals surface area contributed by atoms with Gasteiger partial charge in [-0.15, -0.1) is 0 Å². The molecule has 1 saturated heterocycles. The predicted octanol–water partition coefficient (Wildman–Crippen LogP) is 8.45. The number of amides is 2. The SMILES string of the molecule is CC(C)COc1cc(F)cc(-c2ccc(C(=O)NS(=O)(=O)c3cccc(NC(CC[C@@H]4CN(C(=O)OC(C)(C)C)C(C)(C)C4)c4ccccn4)n3)c(Cl)n2)c1. The third-order valence-corrected chi connectivity index (χ3v) is 10.4. The lowest BCUT2D eigenvalue weighted by atomic mass is 9.91. The van der Waals surface area contributed by atoms with Crippen molar-refractivity contribution in [1.29, 1.82) is 0 Å². The van der Waals surface area contributed by atoms with Gasteiger partial charge in [-0.2, -0.15) is 8.42 Å². The number of rotatable bonds is 13. The maximum Gasteiger partial charge on any atom is 0.410 e. The number of hydrogen-bond acceptors (Lipinski definition) is 10. The fourth-order valence-corrected chi connectivity index (χ4v) is 7.55. The van der Waals surface area contributed by atoms with Crippen molar-refractivity contribution in [3.63, 3.8) is 0 Å². The van der Waals surface area contributed by atoms with Crippen molar-refractivity contribution in [2.24, 2.45) is 11.8 Å². The summed E-state index contributed by atoms with van der Waals surface area (Å²) in [5.74, 6) is -0.570. The van der Waals surface area contributed by atoms with Gasteiger partial charge in [-0.05, 0) is 114 Å². The van der Waals surface area contributed by atoms with Crippen LogP contribution in [0.3, 0.4) is 0 Å². The third kappa shape index (κ3) is 11.1. The quantitative estimate of drug-likeness (QED) is 0.126. The van der Waals surface area contributed by atoms with Gasteiger partial charge in [0.25, 0.3) is 15.9 Å². The molecule has 294 valence electrons. The lowest BCUT2D eigenvalue weighted by Gasteiger charge is -2.33. The summed E-state index contributed by atoms with van der Waals surface area (Å²) in [6.07, 6.45) is 3.48. The van der Waals surface area contributed by atoms with Crippen molar-refractivity contribution in [2.75, 3.05) is 18.5 Å². The van der Waals surface area contributed by atoms with Gasteiger partial charge in [-0.3, -0.25) is 9.78 Å². The van der Waals surface area contributed by atoms with E-state index in [4.69, 9.17) is 21.1 Å². The highest BCUT2D eigenvalue weighted by Crippen LogP contribution is 2.38. The first-order valence-electron chi connectivity index (χ1n) is 18.1. The molecule has 0 aliphatic carbocycles. The van der Waals surface area contributed by atoms with Gasteiger partial charge in [0.2, 0.25) is 0 Å². The van der Waals surface area contributed by atoms with Gasteiger partial charge in [0, 0.05) is 29.9 Å². The zero-order valence-electron chi connectivity index (χ0n) is 32.1. The molecule has 4 aromatic rings. The molecule has 2 N–H and O–H groups in total.